The normalized spacial score (nSPS) is 16.9. The molecular weight excluding hydrogens is 208 g/mol. The predicted octanol–water partition coefficient (Wildman–Crippen LogP) is 1.73. The Balaban J connectivity index is 2.51. The Morgan fingerprint density at radius 2 is 2.00 bits per heavy atom. The molecule has 16 heavy (non-hydrogen) atoms. The Morgan fingerprint density at radius 3 is 2.44 bits per heavy atom. The van der Waals surface area contributed by atoms with Gasteiger partial charge in [-0.05, 0) is 37.5 Å². The number of hydrogen-bond acceptors (Lipinski definition) is 4. The minimum absolute atomic E-state index is 0.0830. The first-order chi connectivity index (χ1) is 7.51. The summed E-state index contributed by atoms with van der Waals surface area (Å²) in [7, 11) is 1.41. The highest BCUT2D eigenvalue weighted by Crippen LogP contribution is 2.52. The number of carbonyl (C=O) groups is 1. The number of phenolic OH excluding ortho intramolecular Hbond substituents is 2. The van der Waals surface area contributed by atoms with Gasteiger partial charge in [-0.3, -0.25) is 4.79 Å². The van der Waals surface area contributed by atoms with Crippen LogP contribution in [0.5, 0.6) is 17.2 Å². The summed E-state index contributed by atoms with van der Waals surface area (Å²) in [6.07, 6.45) is 1.57. The average Bonchev–Trinajstić information content (AvgIpc) is 3.02. The van der Waals surface area contributed by atoms with Crippen molar-refractivity contribution in [3.63, 3.8) is 0 Å². The summed E-state index contributed by atoms with van der Waals surface area (Å²) in [6, 6.07) is 3.05. The van der Waals surface area contributed by atoms with Gasteiger partial charge in [0.05, 0.1) is 12.5 Å². The highest BCUT2D eigenvalue weighted by molar-refractivity contribution is 5.91. The van der Waals surface area contributed by atoms with E-state index in [9.17, 15) is 15.0 Å². The maximum absolute atomic E-state index is 11.5. The van der Waals surface area contributed by atoms with E-state index in [-0.39, 0.29) is 23.0 Å². The molecule has 1 fully saturated rings. The molecule has 0 radical (unpaired) electrons. The molecule has 1 aromatic carbocycles. The van der Waals surface area contributed by atoms with Gasteiger partial charge in [-0.15, -0.1) is 0 Å². The van der Waals surface area contributed by atoms with E-state index in [1.54, 1.807) is 13.0 Å². The lowest BCUT2D eigenvalue weighted by Gasteiger charge is -2.14. The smallest absolute Gasteiger partial charge is 0.200 e. The molecule has 0 spiro atoms. The van der Waals surface area contributed by atoms with Crippen LogP contribution in [0.4, 0.5) is 0 Å². The average molecular weight is 222 g/mol. The zero-order valence-corrected chi connectivity index (χ0v) is 9.28. The lowest BCUT2D eigenvalue weighted by atomic mass is 9.91. The number of phenols is 2. The molecule has 2 rings (SSSR count). The van der Waals surface area contributed by atoms with Crippen molar-refractivity contribution in [3.8, 4) is 17.2 Å². The molecule has 0 atom stereocenters. The van der Waals surface area contributed by atoms with Gasteiger partial charge in [0.2, 0.25) is 5.75 Å². The Labute approximate surface area is 93.5 Å². The number of Topliss-reactive ketones (excluding diaryl/α,β-unsaturated/α-hetero) is 1. The number of ether oxygens (including phenoxy) is 1. The van der Waals surface area contributed by atoms with E-state index in [4.69, 9.17) is 4.74 Å². The van der Waals surface area contributed by atoms with Crippen LogP contribution in [0.1, 0.15) is 25.3 Å². The summed E-state index contributed by atoms with van der Waals surface area (Å²) in [5.74, 6) is -0.255. The second-order valence-electron chi connectivity index (χ2n) is 4.18. The minimum Gasteiger partial charge on any atom is -0.504 e. The van der Waals surface area contributed by atoms with E-state index in [2.05, 4.69) is 0 Å². The highest BCUT2D eigenvalue weighted by Gasteiger charge is 2.49. The van der Waals surface area contributed by atoms with Gasteiger partial charge in [-0.1, -0.05) is 0 Å². The van der Waals surface area contributed by atoms with Gasteiger partial charge in [0.15, 0.2) is 11.5 Å². The highest BCUT2D eigenvalue weighted by atomic mass is 16.5. The van der Waals surface area contributed by atoms with Crippen LogP contribution in [0.25, 0.3) is 0 Å². The van der Waals surface area contributed by atoms with Crippen molar-refractivity contribution in [1.29, 1.82) is 0 Å². The van der Waals surface area contributed by atoms with Crippen molar-refractivity contribution < 1.29 is 19.7 Å². The maximum Gasteiger partial charge on any atom is 0.200 e. The Bertz CT molecular complexity index is 447. The van der Waals surface area contributed by atoms with Crippen molar-refractivity contribution in [2.24, 2.45) is 0 Å². The molecule has 0 saturated heterocycles. The van der Waals surface area contributed by atoms with Crippen LogP contribution >= 0.6 is 0 Å². The Morgan fingerprint density at radius 1 is 1.38 bits per heavy atom. The second-order valence-corrected chi connectivity index (χ2v) is 4.18. The lowest BCUT2D eigenvalue weighted by Crippen LogP contribution is -2.16. The molecule has 0 aromatic heterocycles. The first-order valence-corrected chi connectivity index (χ1v) is 5.13. The summed E-state index contributed by atoms with van der Waals surface area (Å²) in [5, 5.41) is 19.0. The first-order valence-electron chi connectivity index (χ1n) is 5.13. The van der Waals surface area contributed by atoms with Gasteiger partial charge in [0, 0.05) is 0 Å². The predicted molar refractivity (Wildman–Crippen MR) is 57.9 cm³/mol. The van der Waals surface area contributed by atoms with Crippen molar-refractivity contribution >= 4 is 5.78 Å². The van der Waals surface area contributed by atoms with E-state index >= 15 is 0 Å². The molecule has 0 bridgehead atoms. The second kappa shape index (κ2) is 3.40. The number of hydrogen-bond donors (Lipinski definition) is 2. The van der Waals surface area contributed by atoms with Gasteiger partial charge in [0.25, 0.3) is 0 Å². The SMILES string of the molecule is COc1cc(C2(C(C)=O)CC2)cc(O)c1O. The molecule has 1 aliphatic rings. The number of methoxy groups -OCH3 is 1. The summed E-state index contributed by atoms with van der Waals surface area (Å²) in [4.78, 5) is 11.5. The lowest BCUT2D eigenvalue weighted by molar-refractivity contribution is -0.119. The van der Waals surface area contributed by atoms with E-state index in [1.807, 2.05) is 0 Å². The molecule has 0 amide bonds. The Kier molecular flexibility index (Phi) is 2.30. The maximum atomic E-state index is 11.5. The van der Waals surface area contributed by atoms with E-state index in [1.165, 1.54) is 13.2 Å². The fourth-order valence-corrected chi connectivity index (χ4v) is 1.99. The van der Waals surface area contributed by atoms with Crippen molar-refractivity contribution in [2.75, 3.05) is 7.11 Å². The molecular formula is C12H14O4. The van der Waals surface area contributed by atoms with Crippen LogP contribution in [0.15, 0.2) is 12.1 Å². The molecule has 2 N–H and O–H groups in total. The first kappa shape index (κ1) is 10.8. The fourth-order valence-electron chi connectivity index (χ4n) is 1.99. The molecule has 86 valence electrons. The number of carbonyl (C=O) groups excluding carboxylic acids is 1. The third-order valence-electron chi connectivity index (χ3n) is 3.25. The van der Waals surface area contributed by atoms with Crippen LogP contribution < -0.4 is 4.74 Å². The van der Waals surface area contributed by atoms with Gasteiger partial charge >= 0.3 is 0 Å². The largest absolute Gasteiger partial charge is 0.504 e. The fraction of sp³-hybridized carbons (Fsp3) is 0.417. The number of benzene rings is 1. The number of aromatic hydroxyl groups is 2. The third kappa shape index (κ3) is 1.41. The molecule has 4 nitrogen and oxygen atoms in total. The van der Waals surface area contributed by atoms with Crippen LogP contribution in [-0.2, 0) is 10.2 Å². The standard InChI is InChI=1S/C12H14O4/c1-7(13)12(3-4-12)8-5-9(14)11(15)10(6-8)16-2/h5-6,14-15H,3-4H2,1-2H3. The summed E-state index contributed by atoms with van der Waals surface area (Å²) < 4.78 is 4.95. The van der Waals surface area contributed by atoms with Crippen molar-refractivity contribution in [2.45, 2.75) is 25.2 Å². The summed E-state index contributed by atoms with van der Waals surface area (Å²) >= 11 is 0. The molecule has 0 heterocycles. The number of rotatable bonds is 3. The molecule has 0 aliphatic heterocycles. The quantitative estimate of drug-likeness (QED) is 0.764. The van der Waals surface area contributed by atoms with Crippen LogP contribution in [-0.4, -0.2) is 23.1 Å². The van der Waals surface area contributed by atoms with Crippen LogP contribution in [0.2, 0.25) is 0 Å². The third-order valence-corrected chi connectivity index (χ3v) is 3.25. The zero-order chi connectivity index (χ0) is 11.9. The molecule has 1 aromatic rings. The molecule has 1 aliphatic carbocycles. The van der Waals surface area contributed by atoms with Crippen molar-refractivity contribution in [1.82, 2.24) is 0 Å². The van der Waals surface area contributed by atoms with Gasteiger partial charge in [-0.25, -0.2) is 0 Å². The van der Waals surface area contributed by atoms with E-state index in [0.717, 1.165) is 12.8 Å². The van der Waals surface area contributed by atoms with Gasteiger partial charge in [-0.2, -0.15) is 0 Å². The monoisotopic (exact) mass is 222 g/mol. The summed E-state index contributed by atoms with van der Waals surface area (Å²) in [5.41, 5.74) is 0.241. The zero-order valence-electron chi connectivity index (χ0n) is 9.28. The van der Waals surface area contributed by atoms with E-state index in [0.29, 0.717) is 5.56 Å². The van der Waals surface area contributed by atoms with Crippen LogP contribution in [0, 0.1) is 0 Å². The van der Waals surface area contributed by atoms with Gasteiger partial charge in [0.1, 0.15) is 5.78 Å². The topological polar surface area (TPSA) is 66.8 Å². The van der Waals surface area contributed by atoms with Crippen molar-refractivity contribution in [3.05, 3.63) is 17.7 Å². The molecule has 4 heteroatoms. The summed E-state index contributed by atoms with van der Waals surface area (Å²) in [6.45, 7) is 1.55. The van der Waals surface area contributed by atoms with Crippen LogP contribution in [0.3, 0.4) is 0 Å². The van der Waals surface area contributed by atoms with Gasteiger partial charge < -0.3 is 14.9 Å². The Hall–Kier alpha value is -1.71. The molecule has 0 unspecified atom stereocenters. The molecule has 1 saturated carbocycles. The number of ketones is 1. The van der Waals surface area contributed by atoms with E-state index < -0.39 is 5.41 Å². The minimum atomic E-state index is -0.474.